The summed E-state index contributed by atoms with van der Waals surface area (Å²) in [5.74, 6) is 0.640. The van der Waals surface area contributed by atoms with E-state index in [-0.39, 0.29) is 0 Å². The zero-order chi connectivity index (χ0) is 10.8. The highest BCUT2D eigenvalue weighted by Gasteiger charge is 2.24. The highest BCUT2D eigenvalue weighted by molar-refractivity contribution is 7.07. The lowest BCUT2D eigenvalue weighted by Gasteiger charge is -2.14. The summed E-state index contributed by atoms with van der Waals surface area (Å²) in [5, 5.41) is 11.5. The van der Waals surface area contributed by atoms with Crippen molar-refractivity contribution in [3.63, 3.8) is 0 Å². The van der Waals surface area contributed by atoms with Gasteiger partial charge in [-0.25, -0.2) is 0 Å². The van der Waals surface area contributed by atoms with E-state index in [2.05, 4.69) is 38.0 Å². The summed E-state index contributed by atoms with van der Waals surface area (Å²) >= 11 is 1.78. The molecule has 1 saturated heterocycles. The van der Waals surface area contributed by atoms with Crippen LogP contribution in [0, 0.1) is 0 Å². The number of aromatic nitrogens is 2. The van der Waals surface area contributed by atoms with Gasteiger partial charge in [0.15, 0.2) is 0 Å². The fraction of sp³-hybridized carbons (Fsp3) is 0.417. The molecule has 1 aliphatic rings. The van der Waals surface area contributed by atoms with Crippen LogP contribution in [-0.2, 0) is 6.54 Å². The van der Waals surface area contributed by atoms with Crippen molar-refractivity contribution in [1.29, 1.82) is 0 Å². The summed E-state index contributed by atoms with van der Waals surface area (Å²) in [4.78, 5) is 2.52. The Hall–Kier alpha value is -1.13. The van der Waals surface area contributed by atoms with Crippen molar-refractivity contribution in [1.82, 2.24) is 15.1 Å². The first-order valence-corrected chi connectivity index (χ1v) is 6.59. The molecule has 3 rings (SSSR count). The zero-order valence-electron chi connectivity index (χ0n) is 9.10. The monoisotopic (exact) mass is 233 g/mol. The Labute approximate surface area is 99.1 Å². The standard InChI is InChI=1S/C12H15N3S/c1-4-13-14-12(1)11-2-5-15(8-11)7-10-3-6-16-9-10/h1,3-4,6,9,11H,2,5,7-8H2,(H,13,14)/t11-/m0/s1. The minimum absolute atomic E-state index is 0.640. The molecule has 3 heterocycles. The fourth-order valence-electron chi connectivity index (χ4n) is 2.36. The van der Waals surface area contributed by atoms with Crippen molar-refractivity contribution in [2.24, 2.45) is 0 Å². The Kier molecular flexibility index (Phi) is 2.76. The molecule has 0 amide bonds. The van der Waals surface area contributed by atoms with E-state index >= 15 is 0 Å². The van der Waals surface area contributed by atoms with E-state index in [1.807, 2.05) is 6.20 Å². The third kappa shape index (κ3) is 2.03. The van der Waals surface area contributed by atoms with E-state index < -0.39 is 0 Å². The van der Waals surface area contributed by atoms with Crippen molar-refractivity contribution < 1.29 is 0 Å². The highest BCUT2D eigenvalue weighted by Crippen LogP contribution is 2.26. The second kappa shape index (κ2) is 4.39. The van der Waals surface area contributed by atoms with Gasteiger partial charge in [-0.05, 0) is 41.4 Å². The van der Waals surface area contributed by atoms with Crippen molar-refractivity contribution in [3.8, 4) is 0 Å². The molecule has 0 aromatic carbocycles. The van der Waals surface area contributed by atoms with E-state index in [0.717, 1.165) is 13.1 Å². The van der Waals surface area contributed by atoms with E-state index in [1.54, 1.807) is 11.3 Å². The Morgan fingerprint density at radius 2 is 2.50 bits per heavy atom. The molecule has 4 heteroatoms. The molecule has 1 atom stereocenters. The molecule has 1 aliphatic heterocycles. The maximum Gasteiger partial charge on any atom is 0.0490 e. The van der Waals surface area contributed by atoms with E-state index in [1.165, 1.54) is 24.2 Å². The number of hydrogen-bond donors (Lipinski definition) is 1. The topological polar surface area (TPSA) is 31.9 Å². The summed E-state index contributed by atoms with van der Waals surface area (Å²) < 4.78 is 0. The number of hydrogen-bond acceptors (Lipinski definition) is 3. The molecular formula is C12H15N3S. The first-order valence-electron chi connectivity index (χ1n) is 5.64. The molecule has 2 aromatic rings. The van der Waals surface area contributed by atoms with Gasteiger partial charge >= 0.3 is 0 Å². The van der Waals surface area contributed by atoms with Crippen LogP contribution in [0.2, 0.25) is 0 Å². The van der Waals surface area contributed by atoms with Crippen molar-refractivity contribution in [2.45, 2.75) is 18.9 Å². The average Bonchev–Trinajstić information content (AvgIpc) is 2.99. The molecule has 0 unspecified atom stereocenters. The van der Waals surface area contributed by atoms with Gasteiger partial charge in [0.1, 0.15) is 0 Å². The lowest BCUT2D eigenvalue weighted by atomic mass is 10.1. The van der Waals surface area contributed by atoms with Crippen LogP contribution in [0.1, 0.15) is 23.6 Å². The SMILES string of the molecule is c1cc([C@H]2CCN(Cc3ccsc3)C2)[nH]n1. The van der Waals surface area contributed by atoms with E-state index in [4.69, 9.17) is 0 Å². The van der Waals surface area contributed by atoms with Crippen LogP contribution in [0.15, 0.2) is 29.1 Å². The lowest BCUT2D eigenvalue weighted by Crippen LogP contribution is -2.19. The molecule has 2 aromatic heterocycles. The molecule has 1 N–H and O–H groups in total. The van der Waals surface area contributed by atoms with Crippen molar-refractivity contribution >= 4 is 11.3 Å². The molecule has 0 saturated carbocycles. The van der Waals surface area contributed by atoms with Gasteiger partial charge in [-0.2, -0.15) is 16.4 Å². The summed E-state index contributed by atoms with van der Waals surface area (Å²) in [6, 6.07) is 4.31. The fourth-order valence-corrected chi connectivity index (χ4v) is 3.02. The van der Waals surface area contributed by atoms with Gasteiger partial charge in [-0.3, -0.25) is 10.00 Å². The van der Waals surface area contributed by atoms with Crippen LogP contribution >= 0.6 is 11.3 Å². The predicted molar refractivity (Wildman–Crippen MR) is 65.5 cm³/mol. The predicted octanol–water partition coefficient (Wildman–Crippen LogP) is 2.46. The zero-order valence-corrected chi connectivity index (χ0v) is 9.91. The van der Waals surface area contributed by atoms with Crippen molar-refractivity contribution in [3.05, 3.63) is 40.3 Å². The van der Waals surface area contributed by atoms with E-state index in [9.17, 15) is 0 Å². The van der Waals surface area contributed by atoms with E-state index in [0.29, 0.717) is 5.92 Å². The quantitative estimate of drug-likeness (QED) is 0.883. The first-order chi connectivity index (χ1) is 7.92. The minimum Gasteiger partial charge on any atom is -0.298 e. The first kappa shape index (κ1) is 10.1. The van der Waals surface area contributed by atoms with Gasteiger partial charge in [0.25, 0.3) is 0 Å². The molecule has 84 valence electrons. The number of nitrogens with one attached hydrogen (secondary N) is 1. The second-order valence-corrected chi connectivity index (χ2v) is 5.14. The third-order valence-electron chi connectivity index (χ3n) is 3.22. The van der Waals surface area contributed by atoms with Crippen molar-refractivity contribution in [2.75, 3.05) is 13.1 Å². The number of nitrogens with zero attached hydrogens (tertiary/aromatic N) is 2. The van der Waals surface area contributed by atoms with Gasteiger partial charge in [0.05, 0.1) is 0 Å². The highest BCUT2D eigenvalue weighted by atomic mass is 32.1. The second-order valence-electron chi connectivity index (χ2n) is 4.36. The maximum absolute atomic E-state index is 4.03. The smallest absolute Gasteiger partial charge is 0.0490 e. The summed E-state index contributed by atoms with van der Waals surface area (Å²) in [7, 11) is 0. The molecule has 0 radical (unpaired) electrons. The number of rotatable bonds is 3. The number of thiophene rings is 1. The molecule has 0 aliphatic carbocycles. The Balaban J connectivity index is 1.61. The van der Waals surface area contributed by atoms with Crippen LogP contribution in [0.5, 0.6) is 0 Å². The van der Waals surface area contributed by atoms with Gasteiger partial charge in [0, 0.05) is 30.9 Å². The van der Waals surface area contributed by atoms with Crippen LogP contribution in [-0.4, -0.2) is 28.2 Å². The van der Waals surface area contributed by atoms with Crippen LogP contribution < -0.4 is 0 Å². The Morgan fingerprint density at radius 1 is 1.50 bits per heavy atom. The molecule has 0 bridgehead atoms. The maximum atomic E-state index is 4.03. The third-order valence-corrected chi connectivity index (χ3v) is 3.95. The Bertz CT molecular complexity index is 421. The number of likely N-dealkylation sites (tertiary alicyclic amines) is 1. The van der Waals surface area contributed by atoms with Crippen LogP contribution in [0.3, 0.4) is 0 Å². The molecule has 1 fully saturated rings. The van der Waals surface area contributed by atoms with Gasteiger partial charge in [-0.15, -0.1) is 0 Å². The molecule has 3 nitrogen and oxygen atoms in total. The number of H-pyrrole nitrogens is 1. The van der Waals surface area contributed by atoms with Crippen LogP contribution in [0.25, 0.3) is 0 Å². The van der Waals surface area contributed by atoms with Gasteiger partial charge in [0.2, 0.25) is 0 Å². The Morgan fingerprint density at radius 3 is 3.25 bits per heavy atom. The summed E-state index contributed by atoms with van der Waals surface area (Å²) in [6.07, 6.45) is 3.09. The summed E-state index contributed by atoms with van der Waals surface area (Å²) in [5.41, 5.74) is 2.73. The van der Waals surface area contributed by atoms with Gasteiger partial charge < -0.3 is 0 Å². The normalized spacial score (nSPS) is 21.6. The molecule has 0 spiro atoms. The van der Waals surface area contributed by atoms with Gasteiger partial charge in [-0.1, -0.05) is 0 Å². The molecule has 16 heavy (non-hydrogen) atoms. The largest absolute Gasteiger partial charge is 0.298 e. The lowest BCUT2D eigenvalue weighted by molar-refractivity contribution is 0.327. The number of aromatic amines is 1. The molecular weight excluding hydrogens is 218 g/mol. The summed E-state index contributed by atoms with van der Waals surface area (Å²) in [6.45, 7) is 3.44. The average molecular weight is 233 g/mol. The minimum atomic E-state index is 0.640. The van der Waals surface area contributed by atoms with Crippen LogP contribution in [0.4, 0.5) is 0 Å².